The zero-order chi connectivity index (χ0) is 14.7. The number of benzene rings is 1. The number of halogens is 1. The third kappa shape index (κ3) is 3.30. The quantitative estimate of drug-likeness (QED) is 0.854. The molecule has 0 heterocycles. The number of nitrogens with one attached hydrogen (secondary N) is 1. The molecule has 2 rings (SSSR count). The zero-order valence-corrected chi connectivity index (χ0v) is 12.3. The summed E-state index contributed by atoms with van der Waals surface area (Å²) in [6, 6.07) is 4.53. The van der Waals surface area contributed by atoms with Crippen LogP contribution in [-0.4, -0.2) is 19.1 Å². The largest absolute Gasteiger partial charge is 0.465 e. The van der Waals surface area contributed by atoms with Gasteiger partial charge >= 0.3 is 5.97 Å². The van der Waals surface area contributed by atoms with Crippen molar-refractivity contribution in [3.8, 4) is 0 Å². The summed E-state index contributed by atoms with van der Waals surface area (Å²) in [6.45, 7) is 4.46. The SMILES string of the molecule is COC(=O)c1cc(F)ccc1NC1CC(C)CCC1C. The first-order valence-electron chi connectivity index (χ1n) is 7.15. The minimum absolute atomic E-state index is 0.262. The smallest absolute Gasteiger partial charge is 0.340 e. The summed E-state index contributed by atoms with van der Waals surface area (Å²) in [4.78, 5) is 11.7. The number of anilines is 1. The van der Waals surface area contributed by atoms with Gasteiger partial charge in [0.05, 0.1) is 12.7 Å². The molecule has 1 aliphatic carbocycles. The van der Waals surface area contributed by atoms with Crippen molar-refractivity contribution in [3.63, 3.8) is 0 Å². The van der Waals surface area contributed by atoms with Gasteiger partial charge in [-0.05, 0) is 42.9 Å². The first-order valence-corrected chi connectivity index (χ1v) is 7.15. The van der Waals surface area contributed by atoms with E-state index in [0.29, 0.717) is 23.6 Å². The van der Waals surface area contributed by atoms with Crippen LogP contribution >= 0.6 is 0 Å². The Bertz CT molecular complexity index is 489. The highest BCUT2D eigenvalue weighted by Gasteiger charge is 2.26. The lowest BCUT2D eigenvalue weighted by atomic mass is 9.80. The van der Waals surface area contributed by atoms with Gasteiger partial charge in [-0.2, -0.15) is 0 Å². The van der Waals surface area contributed by atoms with E-state index in [1.54, 1.807) is 6.07 Å². The molecular formula is C16H22FNO2. The average molecular weight is 279 g/mol. The Morgan fingerprint density at radius 1 is 1.35 bits per heavy atom. The van der Waals surface area contributed by atoms with Crippen LogP contribution in [0.1, 0.15) is 43.5 Å². The molecule has 3 unspecified atom stereocenters. The second-order valence-corrected chi connectivity index (χ2v) is 5.83. The predicted octanol–water partition coefficient (Wildman–Crippen LogP) is 3.85. The van der Waals surface area contributed by atoms with Gasteiger partial charge in [0.1, 0.15) is 5.82 Å². The Hall–Kier alpha value is -1.58. The molecule has 1 aliphatic rings. The van der Waals surface area contributed by atoms with Crippen molar-refractivity contribution in [3.05, 3.63) is 29.6 Å². The number of esters is 1. The van der Waals surface area contributed by atoms with Gasteiger partial charge in [-0.1, -0.05) is 20.3 Å². The molecule has 3 nitrogen and oxygen atoms in total. The van der Waals surface area contributed by atoms with Crippen LogP contribution in [0, 0.1) is 17.7 Å². The van der Waals surface area contributed by atoms with Crippen LogP contribution in [0.4, 0.5) is 10.1 Å². The molecule has 110 valence electrons. The van der Waals surface area contributed by atoms with Crippen LogP contribution in [0.5, 0.6) is 0 Å². The summed E-state index contributed by atoms with van der Waals surface area (Å²) in [5.41, 5.74) is 0.919. The number of ether oxygens (including phenoxy) is 1. The molecule has 0 aromatic heterocycles. The molecule has 1 saturated carbocycles. The molecule has 0 saturated heterocycles. The van der Waals surface area contributed by atoms with Gasteiger partial charge in [-0.25, -0.2) is 9.18 Å². The van der Waals surface area contributed by atoms with E-state index < -0.39 is 11.8 Å². The van der Waals surface area contributed by atoms with Gasteiger partial charge in [0.15, 0.2) is 0 Å². The van der Waals surface area contributed by atoms with E-state index in [-0.39, 0.29) is 5.56 Å². The number of hydrogen-bond donors (Lipinski definition) is 1. The summed E-state index contributed by atoms with van der Waals surface area (Å²) in [5, 5.41) is 3.40. The van der Waals surface area contributed by atoms with Crippen molar-refractivity contribution in [1.82, 2.24) is 0 Å². The van der Waals surface area contributed by atoms with Gasteiger partial charge in [-0.3, -0.25) is 0 Å². The summed E-state index contributed by atoms with van der Waals surface area (Å²) in [7, 11) is 1.31. The van der Waals surface area contributed by atoms with Crippen molar-refractivity contribution < 1.29 is 13.9 Å². The highest BCUT2D eigenvalue weighted by Crippen LogP contribution is 2.31. The molecule has 0 radical (unpaired) electrons. The van der Waals surface area contributed by atoms with E-state index in [9.17, 15) is 9.18 Å². The molecule has 0 bridgehead atoms. The highest BCUT2D eigenvalue weighted by atomic mass is 19.1. The number of hydrogen-bond acceptors (Lipinski definition) is 3. The summed E-state index contributed by atoms with van der Waals surface area (Å²) >= 11 is 0. The van der Waals surface area contributed by atoms with Crippen LogP contribution in [0.25, 0.3) is 0 Å². The van der Waals surface area contributed by atoms with Gasteiger partial charge in [0, 0.05) is 11.7 Å². The fourth-order valence-corrected chi connectivity index (χ4v) is 2.85. The second kappa shape index (κ2) is 6.25. The second-order valence-electron chi connectivity index (χ2n) is 5.83. The lowest BCUT2D eigenvalue weighted by molar-refractivity contribution is 0.0601. The van der Waals surface area contributed by atoms with Gasteiger partial charge in [0.2, 0.25) is 0 Å². The molecule has 20 heavy (non-hydrogen) atoms. The zero-order valence-electron chi connectivity index (χ0n) is 12.3. The first kappa shape index (κ1) is 14.8. The molecular weight excluding hydrogens is 257 g/mol. The van der Waals surface area contributed by atoms with E-state index >= 15 is 0 Å². The Morgan fingerprint density at radius 2 is 2.10 bits per heavy atom. The number of methoxy groups -OCH3 is 1. The predicted molar refractivity (Wildman–Crippen MR) is 77.3 cm³/mol. The molecule has 1 aromatic rings. The Balaban J connectivity index is 2.22. The molecule has 1 fully saturated rings. The topological polar surface area (TPSA) is 38.3 Å². The van der Waals surface area contributed by atoms with E-state index in [1.165, 1.54) is 32.1 Å². The summed E-state index contributed by atoms with van der Waals surface area (Å²) in [5.74, 6) is 0.275. The Labute approximate surface area is 119 Å². The van der Waals surface area contributed by atoms with Crippen molar-refractivity contribution >= 4 is 11.7 Å². The van der Waals surface area contributed by atoms with Crippen molar-refractivity contribution in [2.45, 2.75) is 39.2 Å². The highest BCUT2D eigenvalue weighted by molar-refractivity contribution is 5.95. The number of carbonyl (C=O) groups excluding carboxylic acids is 1. The summed E-state index contributed by atoms with van der Waals surface area (Å²) in [6.07, 6.45) is 3.49. The molecule has 3 atom stereocenters. The third-order valence-corrected chi connectivity index (χ3v) is 4.19. The maximum atomic E-state index is 13.3. The number of carbonyl (C=O) groups is 1. The van der Waals surface area contributed by atoms with Crippen LogP contribution in [0.15, 0.2) is 18.2 Å². The molecule has 4 heteroatoms. The normalized spacial score (nSPS) is 26.1. The lowest BCUT2D eigenvalue weighted by Gasteiger charge is -2.34. The molecule has 0 amide bonds. The van der Waals surface area contributed by atoms with E-state index in [1.807, 2.05) is 0 Å². The Kier molecular flexibility index (Phi) is 4.63. The van der Waals surface area contributed by atoms with Gasteiger partial charge < -0.3 is 10.1 Å². The van der Waals surface area contributed by atoms with E-state index in [0.717, 1.165) is 6.42 Å². The molecule has 1 N–H and O–H groups in total. The number of rotatable bonds is 3. The van der Waals surface area contributed by atoms with Crippen LogP contribution in [0.2, 0.25) is 0 Å². The summed E-state index contributed by atoms with van der Waals surface area (Å²) < 4.78 is 18.0. The fourth-order valence-electron chi connectivity index (χ4n) is 2.85. The molecule has 0 spiro atoms. The lowest BCUT2D eigenvalue weighted by Crippen LogP contribution is -2.34. The van der Waals surface area contributed by atoms with Gasteiger partial charge in [0.25, 0.3) is 0 Å². The van der Waals surface area contributed by atoms with Crippen LogP contribution < -0.4 is 5.32 Å². The Morgan fingerprint density at radius 3 is 2.80 bits per heavy atom. The fraction of sp³-hybridized carbons (Fsp3) is 0.562. The van der Waals surface area contributed by atoms with Crippen molar-refractivity contribution in [1.29, 1.82) is 0 Å². The maximum Gasteiger partial charge on any atom is 0.340 e. The van der Waals surface area contributed by atoms with Crippen LogP contribution in [0.3, 0.4) is 0 Å². The first-order chi connectivity index (χ1) is 9.51. The molecule has 0 aliphatic heterocycles. The maximum absolute atomic E-state index is 13.3. The minimum atomic E-state index is -0.511. The van der Waals surface area contributed by atoms with Crippen molar-refractivity contribution in [2.24, 2.45) is 11.8 Å². The third-order valence-electron chi connectivity index (χ3n) is 4.19. The van der Waals surface area contributed by atoms with E-state index in [2.05, 4.69) is 19.2 Å². The minimum Gasteiger partial charge on any atom is -0.465 e. The van der Waals surface area contributed by atoms with Crippen molar-refractivity contribution in [2.75, 3.05) is 12.4 Å². The monoisotopic (exact) mass is 279 g/mol. The van der Waals surface area contributed by atoms with Gasteiger partial charge in [-0.15, -0.1) is 0 Å². The van der Waals surface area contributed by atoms with E-state index in [4.69, 9.17) is 4.74 Å². The standard InChI is InChI=1S/C16H22FNO2/c1-10-4-5-11(2)15(8-10)18-14-7-6-12(17)9-13(14)16(19)20-3/h6-7,9-11,15,18H,4-5,8H2,1-3H3. The van der Waals surface area contributed by atoms with Crippen LogP contribution in [-0.2, 0) is 4.74 Å². The average Bonchev–Trinajstić information content (AvgIpc) is 2.43. The molecule has 1 aromatic carbocycles.